The molecule has 0 spiro atoms. The number of rotatable bonds is 6. The van der Waals surface area contributed by atoms with Crippen molar-refractivity contribution in [2.24, 2.45) is 5.92 Å². The van der Waals surface area contributed by atoms with Gasteiger partial charge >= 0.3 is 0 Å². The molecule has 8 rings (SSSR count). The zero-order valence-corrected chi connectivity index (χ0v) is 26.5. The lowest BCUT2D eigenvalue weighted by atomic mass is 9.94. The molecule has 10 heteroatoms. The quantitative estimate of drug-likeness (QED) is 0.248. The van der Waals surface area contributed by atoms with Gasteiger partial charge in [0.15, 0.2) is 11.3 Å². The number of likely N-dealkylation sites (tertiary alicyclic amines) is 1. The Morgan fingerprint density at radius 3 is 2.30 bits per heavy atom. The van der Waals surface area contributed by atoms with E-state index in [4.69, 9.17) is 4.98 Å². The van der Waals surface area contributed by atoms with Gasteiger partial charge in [-0.05, 0) is 56.1 Å². The highest BCUT2D eigenvalue weighted by Crippen LogP contribution is 2.34. The van der Waals surface area contributed by atoms with Crippen molar-refractivity contribution in [1.82, 2.24) is 39.3 Å². The molecule has 0 N–H and O–H groups in total. The Morgan fingerprint density at radius 2 is 1.55 bits per heavy atom. The number of hydrogen-bond acceptors (Lipinski definition) is 8. The minimum atomic E-state index is 0.101. The maximum absolute atomic E-state index is 13.4. The number of benzene rings is 2. The van der Waals surface area contributed by atoms with E-state index < -0.39 is 0 Å². The van der Waals surface area contributed by atoms with Gasteiger partial charge in [-0.25, -0.2) is 19.9 Å². The second-order valence-corrected chi connectivity index (χ2v) is 12.6. The van der Waals surface area contributed by atoms with Gasteiger partial charge in [0.1, 0.15) is 0 Å². The average Bonchev–Trinajstić information content (AvgIpc) is 3.53. The Kier molecular flexibility index (Phi) is 7.78. The van der Waals surface area contributed by atoms with Crippen LogP contribution in [0.25, 0.3) is 39.1 Å². The summed E-state index contributed by atoms with van der Waals surface area (Å²) in [6.07, 6.45) is 7.22. The van der Waals surface area contributed by atoms with Crippen molar-refractivity contribution in [3.05, 3.63) is 103 Å². The zero-order chi connectivity index (χ0) is 31.7. The molecule has 0 saturated carbocycles. The van der Waals surface area contributed by atoms with Gasteiger partial charge in [-0.15, -0.1) is 0 Å². The van der Waals surface area contributed by atoms with Crippen molar-refractivity contribution in [2.45, 2.75) is 26.3 Å². The molecule has 2 fully saturated rings. The van der Waals surface area contributed by atoms with Gasteiger partial charge in [-0.1, -0.05) is 54.6 Å². The van der Waals surface area contributed by atoms with E-state index in [1.165, 1.54) is 5.56 Å². The van der Waals surface area contributed by atoms with Gasteiger partial charge < -0.3 is 9.80 Å². The van der Waals surface area contributed by atoms with Crippen LogP contribution in [0.2, 0.25) is 0 Å². The fourth-order valence-electron chi connectivity index (χ4n) is 6.91. The lowest BCUT2D eigenvalue weighted by Crippen LogP contribution is -2.52. The Labute approximate surface area is 273 Å². The van der Waals surface area contributed by atoms with Crippen LogP contribution >= 0.6 is 0 Å². The molecule has 236 valence electrons. The van der Waals surface area contributed by atoms with E-state index in [-0.39, 0.29) is 5.92 Å². The van der Waals surface area contributed by atoms with Gasteiger partial charge in [0.25, 0.3) is 0 Å². The van der Waals surface area contributed by atoms with E-state index >= 15 is 0 Å². The second-order valence-electron chi connectivity index (χ2n) is 12.6. The Balaban J connectivity index is 0.942. The zero-order valence-electron chi connectivity index (χ0n) is 26.5. The third-order valence-corrected chi connectivity index (χ3v) is 9.46. The molecule has 2 saturated heterocycles. The molecule has 1 amide bonds. The van der Waals surface area contributed by atoms with Crippen LogP contribution in [0, 0.1) is 12.8 Å². The highest BCUT2D eigenvalue weighted by molar-refractivity contribution is 5.90. The Morgan fingerprint density at radius 1 is 0.809 bits per heavy atom. The maximum Gasteiger partial charge on any atom is 0.225 e. The average molecular weight is 624 g/mol. The standard InChI is InChI=1S/C37H37N9O/c1-26-22-33-40-24-31-23-32(28-6-3-2-4-7-28)34(41-35(31)46(33)42-26)29-10-8-27(9-11-29)25-43-16-12-30(13-17-43)36(47)44-18-20-45(21-19-44)37-38-14-5-15-39-37/h2-11,14-15,22-24,30H,12-13,16-21,25H2,1H3. The van der Waals surface area contributed by atoms with E-state index in [1.54, 1.807) is 12.4 Å². The molecule has 0 bridgehead atoms. The number of carbonyl (C=O) groups excluding carboxylic acids is 1. The first-order valence-electron chi connectivity index (χ1n) is 16.4. The third-order valence-electron chi connectivity index (χ3n) is 9.46. The number of hydrogen-bond donors (Lipinski definition) is 0. The van der Waals surface area contributed by atoms with Gasteiger partial charge in [0, 0.05) is 79.8 Å². The van der Waals surface area contributed by atoms with E-state index in [9.17, 15) is 4.79 Å². The fourth-order valence-corrected chi connectivity index (χ4v) is 6.91. The van der Waals surface area contributed by atoms with E-state index in [2.05, 4.69) is 84.4 Å². The third kappa shape index (κ3) is 5.92. The lowest BCUT2D eigenvalue weighted by Gasteiger charge is -2.38. The summed E-state index contributed by atoms with van der Waals surface area (Å²) < 4.78 is 1.84. The SMILES string of the molecule is Cc1cc2ncc3cc(-c4ccccc4)c(-c4ccc(CN5CCC(C(=O)N6CCN(c7ncccn7)CC6)CC5)cc4)nc3n2n1. The summed E-state index contributed by atoms with van der Waals surface area (Å²) in [6.45, 7) is 7.69. The predicted octanol–water partition coefficient (Wildman–Crippen LogP) is 5.27. The molecule has 0 atom stereocenters. The number of carbonyl (C=O) groups is 1. The molecule has 10 nitrogen and oxygen atoms in total. The number of aromatic nitrogens is 6. The monoisotopic (exact) mass is 623 g/mol. The van der Waals surface area contributed by atoms with E-state index in [0.29, 0.717) is 5.91 Å². The van der Waals surface area contributed by atoms with Gasteiger partial charge in [-0.3, -0.25) is 9.69 Å². The van der Waals surface area contributed by atoms with Crippen molar-refractivity contribution < 1.29 is 4.79 Å². The first-order valence-corrected chi connectivity index (χ1v) is 16.4. The van der Waals surface area contributed by atoms with Gasteiger partial charge in [0.2, 0.25) is 11.9 Å². The minimum absolute atomic E-state index is 0.101. The van der Waals surface area contributed by atoms with E-state index in [1.807, 2.05) is 40.7 Å². The number of fused-ring (bicyclic) bond motifs is 3. The predicted molar refractivity (Wildman–Crippen MR) is 183 cm³/mol. The molecule has 2 aliphatic heterocycles. The highest BCUT2D eigenvalue weighted by atomic mass is 16.2. The molecule has 0 aliphatic carbocycles. The minimum Gasteiger partial charge on any atom is -0.339 e. The fraction of sp³-hybridized carbons (Fsp3) is 0.297. The summed E-state index contributed by atoms with van der Waals surface area (Å²) >= 11 is 0. The lowest BCUT2D eigenvalue weighted by molar-refractivity contribution is -0.137. The van der Waals surface area contributed by atoms with Crippen LogP contribution in [0.5, 0.6) is 0 Å². The van der Waals surface area contributed by atoms with Crippen LogP contribution in [0.4, 0.5) is 5.95 Å². The molecular formula is C37H37N9O. The number of aryl methyl sites for hydroxylation is 1. The molecule has 2 aromatic carbocycles. The van der Waals surface area contributed by atoms with Crippen molar-refractivity contribution in [2.75, 3.05) is 44.2 Å². The molecule has 4 aromatic heterocycles. The number of nitrogens with zero attached hydrogens (tertiary/aromatic N) is 9. The number of pyridine rings is 1. The first kappa shape index (κ1) is 29.2. The summed E-state index contributed by atoms with van der Waals surface area (Å²) in [5.41, 5.74) is 7.93. The van der Waals surface area contributed by atoms with E-state index in [0.717, 1.165) is 109 Å². The van der Waals surface area contributed by atoms with Crippen LogP contribution in [0.3, 0.4) is 0 Å². The molecule has 0 radical (unpaired) electrons. The Hall–Kier alpha value is -5.22. The molecule has 6 aromatic rings. The van der Waals surface area contributed by atoms with Crippen LogP contribution in [0.1, 0.15) is 24.1 Å². The summed E-state index contributed by atoms with van der Waals surface area (Å²) in [5.74, 6) is 1.15. The number of amides is 1. The first-order chi connectivity index (χ1) is 23.1. The topological polar surface area (TPSA) is 95.7 Å². The Bertz CT molecular complexity index is 2010. The van der Waals surface area contributed by atoms with Crippen LogP contribution in [-0.4, -0.2) is 84.5 Å². The second kappa shape index (κ2) is 12.5. The number of piperazine rings is 1. The molecular weight excluding hydrogens is 586 g/mol. The number of piperidine rings is 1. The molecule has 2 aliphatic rings. The normalized spacial score (nSPS) is 16.3. The summed E-state index contributed by atoms with van der Waals surface area (Å²) in [4.78, 5) is 38.6. The van der Waals surface area contributed by atoms with Crippen molar-refractivity contribution in [3.8, 4) is 22.4 Å². The summed E-state index contributed by atoms with van der Waals surface area (Å²) in [6, 6.07) is 25.2. The van der Waals surface area contributed by atoms with Gasteiger partial charge in [-0.2, -0.15) is 9.61 Å². The largest absolute Gasteiger partial charge is 0.339 e. The van der Waals surface area contributed by atoms with Crippen LogP contribution in [-0.2, 0) is 11.3 Å². The van der Waals surface area contributed by atoms with Crippen LogP contribution in [0.15, 0.2) is 91.4 Å². The van der Waals surface area contributed by atoms with Crippen molar-refractivity contribution in [1.29, 1.82) is 0 Å². The maximum atomic E-state index is 13.4. The van der Waals surface area contributed by atoms with Gasteiger partial charge in [0.05, 0.1) is 11.4 Å². The molecule has 47 heavy (non-hydrogen) atoms. The van der Waals surface area contributed by atoms with Crippen molar-refractivity contribution >= 4 is 28.5 Å². The summed E-state index contributed by atoms with van der Waals surface area (Å²) in [5, 5.41) is 5.62. The highest BCUT2D eigenvalue weighted by Gasteiger charge is 2.31. The van der Waals surface area contributed by atoms with Crippen LogP contribution < -0.4 is 4.90 Å². The van der Waals surface area contributed by atoms with Crippen molar-refractivity contribution in [3.63, 3.8) is 0 Å². The molecule has 6 heterocycles. The smallest absolute Gasteiger partial charge is 0.225 e. The molecule has 0 unspecified atom stereocenters. The summed E-state index contributed by atoms with van der Waals surface area (Å²) in [7, 11) is 0. The number of anilines is 1.